The molecule has 0 saturated heterocycles. The lowest BCUT2D eigenvalue weighted by Gasteiger charge is -2.22. The van der Waals surface area contributed by atoms with Gasteiger partial charge in [-0.1, -0.05) is 0 Å². The minimum Gasteiger partial charge on any atom is -0.370 e. The Bertz CT molecular complexity index is 652. The minimum absolute atomic E-state index is 0.0491. The van der Waals surface area contributed by atoms with Crippen molar-refractivity contribution in [3.63, 3.8) is 0 Å². The molecular formula is C15H15FN2O2S. The fraction of sp³-hybridized carbons (Fsp3) is 0.200. The molecule has 0 fully saturated rings. The number of nitrogens with two attached hydrogens (primary N) is 1. The molecule has 0 aliphatic rings. The molecule has 0 radical (unpaired) electrons. The number of hydrogen-bond donors (Lipinski definition) is 1. The zero-order valence-electron chi connectivity index (χ0n) is 11.5. The molecule has 1 aromatic carbocycles. The van der Waals surface area contributed by atoms with E-state index in [1.807, 2.05) is 18.4 Å². The number of benzene rings is 1. The SMILES string of the molecule is Cc1ccsc1C(=O)N(CCC(N)=O)c1ccc(F)cc1. The monoisotopic (exact) mass is 306 g/mol. The molecule has 6 heteroatoms. The van der Waals surface area contributed by atoms with Crippen molar-refractivity contribution in [3.8, 4) is 0 Å². The van der Waals surface area contributed by atoms with E-state index >= 15 is 0 Å². The Hall–Kier alpha value is -2.21. The highest BCUT2D eigenvalue weighted by Crippen LogP contribution is 2.23. The number of carbonyl (C=O) groups excluding carboxylic acids is 2. The largest absolute Gasteiger partial charge is 0.370 e. The van der Waals surface area contributed by atoms with E-state index in [4.69, 9.17) is 5.73 Å². The Labute approximate surface area is 126 Å². The fourth-order valence-corrected chi connectivity index (χ4v) is 2.78. The van der Waals surface area contributed by atoms with E-state index in [9.17, 15) is 14.0 Å². The first-order valence-electron chi connectivity index (χ1n) is 6.39. The lowest BCUT2D eigenvalue weighted by molar-refractivity contribution is -0.117. The summed E-state index contributed by atoms with van der Waals surface area (Å²) in [6, 6.07) is 7.44. The Balaban J connectivity index is 2.31. The molecule has 0 spiro atoms. The number of primary amides is 1. The predicted molar refractivity (Wildman–Crippen MR) is 80.9 cm³/mol. The van der Waals surface area contributed by atoms with Crippen molar-refractivity contribution < 1.29 is 14.0 Å². The molecule has 4 nitrogen and oxygen atoms in total. The van der Waals surface area contributed by atoms with Gasteiger partial charge in [0.2, 0.25) is 5.91 Å². The topological polar surface area (TPSA) is 63.4 Å². The second-order valence-electron chi connectivity index (χ2n) is 4.58. The third-order valence-electron chi connectivity index (χ3n) is 3.02. The zero-order valence-corrected chi connectivity index (χ0v) is 12.3. The number of nitrogens with zero attached hydrogens (tertiary/aromatic N) is 1. The van der Waals surface area contributed by atoms with E-state index in [1.165, 1.54) is 40.5 Å². The summed E-state index contributed by atoms with van der Waals surface area (Å²) in [4.78, 5) is 25.7. The molecule has 0 saturated carbocycles. The van der Waals surface area contributed by atoms with E-state index in [2.05, 4.69) is 0 Å². The Morgan fingerprint density at radius 3 is 2.43 bits per heavy atom. The lowest BCUT2D eigenvalue weighted by Crippen LogP contribution is -2.34. The molecule has 110 valence electrons. The van der Waals surface area contributed by atoms with Gasteiger partial charge in [-0.15, -0.1) is 11.3 Å². The van der Waals surface area contributed by atoms with Crippen LogP contribution >= 0.6 is 11.3 Å². The highest BCUT2D eigenvalue weighted by Gasteiger charge is 2.21. The van der Waals surface area contributed by atoms with Gasteiger partial charge in [0.15, 0.2) is 0 Å². The predicted octanol–water partition coefficient (Wildman–Crippen LogP) is 2.72. The van der Waals surface area contributed by atoms with Crippen LogP contribution in [0.2, 0.25) is 0 Å². The average Bonchev–Trinajstić information content (AvgIpc) is 2.86. The van der Waals surface area contributed by atoms with Gasteiger partial charge in [0, 0.05) is 18.7 Å². The lowest BCUT2D eigenvalue weighted by atomic mass is 10.2. The summed E-state index contributed by atoms with van der Waals surface area (Å²) in [5.74, 6) is -1.08. The van der Waals surface area contributed by atoms with E-state index < -0.39 is 5.91 Å². The number of anilines is 1. The Kier molecular flexibility index (Phi) is 4.70. The second kappa shape index (κ2) is 6.49. The maximum Gasteiger partial charge on any atom is 0.268 e. The molecular weight excluding hydrogens is 291 g/mol. The fourth-order valence-electron chi connectivity index (χ4n) is 1.91. The molecule has 1 heterocycles. The Morgan fingerprint density at radius 1 is 1.24 bits per heavy atom. The summed E-state index contributed by atoms with van der Waals surface area (Å²) >= 11 is 1.34. The first-order chi connectivity index (χ1) is 9.99. The van der Waals surface area contributed by atoms with Gasteiger partial charge in [0.05, 0.1) is 4.88 Å². The quantitative estimate of drug-likeness (QED) is 0.923. The molecule has 2 rings (SSSR count). The molecule has 0 aliphatic carbocycles. The normalized spacial score (nSPS) is 10.4. The number of rotatable bonds is 5. The van der Waals surface area contributed by atoms with Gasteiger partial charge in [-0.05, 0) is 48.2 Å². The van der Waals surface area contributed by atoms with E-state index in [0.717, 1.165) is 5.56 Å². The summed E-state index contributed by atoms with van der Waals surface area (Å²) in [7, 11) is 0. The van der Waals surface area contributed by atoms with E-state index in [-0.39, 0.29) is 24.7 Å². The molecule has 0 unspecified atom stereocenters. The third kappa shape index (κ3) is 3.66. The molecule has 2 aromatic rings. The summed E-state index contributed by atoms with van der Waals surface area (Å²) in [5, 5.41) is 1.83. The third-order valence-corrected chi connectivity index (χ3v) is 4.03. The number of carbonyl (C=O) groups is 2. The summed E-state index contributed by atoms with van der Waals surface area (Å²) < 4.78 is 13.0. The number of thiophene rings is 1. The van der Waals surface area contributed by atoms with Crippen molar-refractivity contribution in [2.75, 3.05) is 11.4 Å². The molecule has 1 aromatic heterocycles. The van der Waals surface area contributed by atoms with Crippen LogP contribution in [-0.2, 0) is 4.79 Å². The van der Waals surface area contributed by atoms with Crippen LogP contribution in [0.15, 0.2) is 35.7 Å². The Morgan fingerprint density at radius 2 is 1.90 bits per heavy atom. The van der Waals surface area contributed by atoms with Gasteiger partial charge in [-0.25, -0.2) is 4.39 Å². The second-order valence-corrected chi connectivity index (χ2v) is 5.50. The minimum atomic E-state index is -0.488. The summed E-state index contributed by atoms with van der Waals surface area (Å²) in [6.07, 6.45) is 0.0491. The molecule has 2 N–H and O–H groups in total. The first kappa shape index (κ1) is 15.2. The van der Waals surface area contributed by atoms with Crippen LogP contribution < -0.4 is 10.6 Å². The van der Waals surface area contributed by atoms with Crippen molar-refractivity contribution in [1.82, 2.24) is 0 Å². The van der Waals surface area contributed by atoms with Crippen LogP contribution in [0.1, 0.15) is 21.7 Å². The molecule has 0 aliphatic heterocycles. The number of hydrogen-bond acceptors (Lipinski definition) is 3. The van der Waals surface area contributed by atoms with Crippen molar-refractivity contribution in [3.05, 3.63) is 52.0 Å². The number of aryl methyl sites for hydroxylation is 1. The maximum absolute atomic E-state index is 13.0. The van der Waals surface area contributed by atoms with Crippen molar-refractivity contribution >= 4 is 28.8 Å². The smallest absolute Gasteiger partial charge is 0.268 e. The highest BCUT2D eigenvalue weighted by molar-refractivity contribution is 7.12. The molecule has 0 atom stereocenters. The zero-order chi connectivity index (χ0) is 15.4. The number of halogens is 1. The summed E-state index contributed by atoms with van der Waals surface area (Å²) in [5.41, 5.74) is 6.57. The van der Waals surface area contributed by atoms with Crippen LogP contribution in [0.5, 0.6) is 0 Å². The van der Waals surface area contributed by atoms with Crippen molar-refractivity contribution in [2.24, 2.45) is 5.73 Å². The highest BCUT2D eigenvalue weighted by atomic mass is 32.1. The average molecular weight is 306 g/mol. The van der Waals surface area contributed by atoms with Gasteiger partial charge in [0.25, 0.3) is 5.91 Å². The van der Waals surface area contributed by atoms with Gasteiger partial charge in [-0.2, -0.15) is 0 Å². The maximum atomic E-state index is 13.0. The van der Waals surface area contributed by atoms with Crippen LogP contribution in [0.3, 0.4) is 0 Å². The van der Waals surface area contributed by atoms with Gasteiger partial charge in [0.1, 0.15) is 5.82 Å². The molecule has 0 bridgehead atoms. The van der Waals surface area contributed by atoms with Gasteiger partial charge in [-0.3, -0.25) is 9.59 Å². The van der Waals surface area contributed by atoms with Crippen molar-refractivity contribution in [1.29, 1.82) is 0 Å². The van der Waals surface area contributed by atoms with Crippen LogP contribution in [0.25, 0.3) is 0 Å². The molecule has 2 amide bonds. The van der Waals surface area contributed by atoms with Crippen LogP contribution in [0.4, 0.5) is 10.1 Å². The summed E-state index contributed by atoms with van der Waals surface area (Å²) in [6.45, 7) is 2.01. The standard InChI is InChI=1S/C15H15FN2O2S/c1-10-7-9-21-14(10)15(20)18(8-6-13(17)19)12-4-2-11(16)3-5-12/h2-5,7,9H,6,8H2,1H3,(H2,17,19). The molecule has 21 heavy (non-hydrogen) atoms. The van der Waals surface area contributed by atoms with Gasteiger partial charge >= 0.3 is 0 Å². The van der Waals surface area contributed by atoms with Crippen LogP contribution in [-0.4, -0.2) is 18.4 Å². The van der Waals surface area contributed by atoms with E-state index in [0.29, 0.717) is 10.6 Å². The van der Waals surface area contributed by atoms with Gasteiger partial charge < -0.3 is 10.6 Å². The van der Waals surface area contributed by atoms with Crippen LogP contribution in [0, 0.1) is 12.7 Å². The van der Waals surface area contributed by atoms with E-state index in [1.54, 1.807) is 0 Å². The van der Waals surface area contributed by atoms with Crippen molar-refractivity contribution in [2.45, 2.75) is 13.3 Å². The first-order valence-corrected chi connectivity index (χ1v) is 7.27. The number of amides is 2.